The summed E-state index contributed by atoms with van der Waals surface area (Å²) in [6, 6.07) is 10.1. The lowest BCUT2D eigenvalue weighted by Gasteiger charge is -2.17. The minimum Gasteiger partial charge on any atom is -0.341 e. The highest BCUT2D eigenvalue weighted by molar-refractivity contribution is 7.09. The van der Waals surface area contributed by atoms with Crippen LogP contribution in [0, 0.1) is 5.82 Å². The van der Waals surface area contributed by atoms with Gasteiger partial charge < -0.3 is 4.90 Å². The molecule has 0 aliphatic rings. The molecule has 0 aliphatic heterocycles. The van der Waals surface area contributed by atoms with Crippen molar-refractivity contribution < 1.29 is 9.18 Å². The highest BCUT2D eigenvalue weighted by atomic mass is 32.1. The number of carbonyl (C=O) groups is 1. The molecule has 1 amide bonds. The van der Waals surface area contributed by atoms with Gasteiger partial charge in [-0.2, -0.15) is 0 Å². The Hall–Kier alpha value is -1.68. The molecule has 0 radical (unpaired) electrons. The second-order valence-electron chi connectivity index (χ2n) is 4.04. The monoisotopic (exact) mass is 263 g/mol. The van der Waals surface area contributed by atoms with Gasteiger partial charge in [-0.3, -0.25) is 4.79 Å². The molecular formula is C14H14FNOS. The summed E-state index contributed by atoms with van der Waals surface area (Å²) in [5.41, 5.74) is 0.131. The van der Waals surface area contributed by atoms with Gasteiger partial charge in [-0.1, -0.05) is 18.2 Å². The Bertz CT molecular complexity index is 524. The van der Waals surface area contributed by atoms with Crippen molar-refractivity contribution in [2.24, 2.45) is 0 Å². The van der Waals surface area contributed by atoms with Crippen molar-refractivity contribution in [2.45, 2.75) is 6.42 Å². The first-order valence-electron chi connectivity index (χ1n) is 5.71. The normalized spacial score (nSPS) is 10.3. The van der Waals surface area contributed by atoms with Gasteiger partial charge in [0.1, 0.15) is 5.82 Å². The minimum atomic E-state index is -0.467. The molecule has 0 aliphatic carbocycles. The predicted molar refractivity (Wildman–Crippen MR) is 71.4 cm³/mol. The Balaban J connectivity index is 1.99. The number of benzene rings is 1. The molecule has 0 spiro atoms. The van der Waals surface area contributed by atoms with Crippen molar-refractivity contribution >= 4 is 17.2 Å². The van der Waals surface area contributed by atoms with Crippen LogP contribution in [0.2, 0.25) is 0 Å². The third kappa shape index (κ3) is 2.96. The van der Waals surface area contributed by atoms with E-state index in [2.05, 4.69) is 0 Å². The highest BCUT2D eigenvalue weighted by Crippen LogP contribution is 2.12. The summed E-state index contributed by atoms with van der Waals surface area (Å²) in [5.74, 6) is -0.741. The van der Waals surface area contributed by atoms with Crippen LogP contribution >= 0.6 is 11.3 Å². The van der Waals surface area contributed by atoms with Crippen molar-refractivity contribution in [3.05, 3.63) is 58.0 Å². The Kier molecular flexibility index (Phi) is 4.10. The quantitative estimate of drug-likeness (QED) is 0.829. The van der Waals surface area contributed by atoms with Crippen LogP contribution in [0.5, 0.6) is 0 Å². The SMILES string of the molecule is CN(CCc1cccs1)C(=O)c1ccccc1F. The maximum Gasteiger partial charge on any atom is 0.256 e. The molecule has 0 unspecified atom stereocenters. The number of rotatable bonds is 4. The first kappa shape index (κ1) is 12.8. The number of nitrogens with zero attached hydrogens (tertiary/aromatic N) is 1. The van der Waals surface area contributed by atoms with Crippen LogP contribution in [0.4, 0.5) is 4.39 Å². The second-order valence-corrected chi connectivity index (χ2v) is 5.07. The lowest BCUT2D eigenvalue weighted by molar-refractivity contribution is 0.0792. The van der Waals surface area contributed by atoms with E-state index in [-0.39, 0.29) is 11.5 Å². The summed E-state index contributed by atoms with van der Waals surface area (Å²) in [4.78, 5) is 14.8. The smallest absolute Gasteiger partial charge is 0.256 e. The highest BCUT2D eigenvalue weighted by Gasteiger charge is 2.15. The minimum absolute atomic E-state index is 0.131. The Labute approximate surface area is 110 Å². The molecule has 1 aromatic heterocycles. The van der Waals surface area contributed by atoms with Gasteiger partial charge in [-0.25, -0.2) is 4.39 Å². The van der Waals surface area contributed by atoms with E-state index in [1.54, 1.807) is 35.4 Å². The van der Waals surface area contributed by atoms with Gasteiger partial charge >= 0.3 is 0 Å². The molecule has 1 heterocycles. The molecule has 0 bridgehead atoms. The van der Waals surface area contributed by atoms with Gasteiger partial charge in [-0.05, 0) is 30.0 Å². The number of hydrogen-bond acceptors (Lipinski definition) is 2. The third-order valence-corrected chi connectivity index (χ3v) is 3.66. The van der Waals surface area contributed by atoms with Crippen molar-refractivity contribution in [3.63, 3.8) is 0 Å². The van der Waals surface area contributed by atoms with E-state index in [0.717, 1.165) is 6.42 Å². The molecule has 1 aromatic carbocycles. The molecule has 4 heteroatoms. The van der Waals surface area contributed by atoms with Gasteiger partial charge in [0.25, 0.3) is 5.91 Å². The molecule has 2 rings (SSSR count). The van der Waals surface area contributed by atoms with Gasteiger partial charge in [0.2, 0.25) is 0 Å². The summed E-state index contributed by atoms with van der Waals surface area (Å²) in [7, 11) is 1.70. The number of carbonyl (C=O) groups excluding carboxylic acids is 1. The zero-order valence-electron chi connectivity index (χ0n) is 10.1. The van der Waals surface area contributed by atoms with Crippen LogP contribution in [0.3, 0.4) is 0 Å². The molecule has 94 valence electrons. The summed E-state index contributed by atoms with van der Waals surface area (Å²) < 4.78 is 13.5. The van der Waals surface area contributed by atoms with Gasteiger partial charge in [0.05, 0.1) is 5.56 Å². The summed E-state index contributed by atoms with van der Waals surface area (Å²) in [6.45, 7) is 0.591. The lowest BCUT2D eigenvalue weighted by Crippen LogP contribution is -2.29. The van der Waals surface area contributed by atoms with Crippen LogP contribution in [-0.4, -0.2) is 24.4 Å². The molecular weight excluding hydrogens is 249 g/mol. The fourth-order valence-electron chi connectivity index (χ4n) is 1.67. The molecule has 0 N–H and O–H groups in total. The zero-order chi connectivity index (χ0) is 13.0. The van der Waals surface area contributed by atoms with E-state index in [0.29, 0.717) is 6.54 Å². The number of halogens is 1. The van der Waals surface area contributed by atoms with E-state index in [9.17, 15) is 9.18 Å². The molecule has 18 heavy (non-hydrogen) atoms. The van der Waals surface area contributed by atoms with Crippen molar-refractivity contribution in [2.75, 3.05) is 13.6 Å². The molecule has 0 saturated heterocycles. The van der Waals surface area contributed by atoms with Gasteiger partial charge in [0, 0.05) is 18.5 Å². The van der Waals surface area contributed by atoms with Crippen LogP contribution in [0.15, 0.2) is 41.8 Å². The summed E-state index contributed by atoms with van der Waals surface area (Å²) in [5, 5.41) is 2.01. The number of likely N-dealkylation sites (N-methyl/N-ethyl adjacent to an activating group) is 1. The largest absolute Gasteiger partial charge is 0.341 e. The fourth-order valence-corrected chi connectivity index (χ4v) is 2.37. The average molecular weight is 263 g/mol. The fraction of sp³-hybridized carbons (Fsp3) is 0.214. The maximum atomic E-state index is 13.5. The molecule has 0 atom stereocenters. The molecule has 2 nitrogen and oxygen atoms in total. The van der Waals surface area contributed by atoms with E-state index >= 15 is 0 Å². The van der Waals surface area contributed by atoms with Gasteiger partial charge in [-0.15, -0.1) is 11.3 Å². The van der Waals surface area contributed by atoms with Gasteiger partial charge in [0.15, 0.2) is 0 Å². The van der Waals surface area contributed by atoms with E-state index in [1.807, 2.05) is 17.5 Å². The lowest BCUT2D eigenvalue weighted by atomic mass is 10.2. The Morgan fingerprint density at radius 1 is 1.28 bits per heavy atom. The van der Waals surface area contributed by atoms with Crippen molar-refractivity contribution in [3.8, 4) is 0 Å². The summed E-state index contributed by atoms with van der Waals surface area (Å²) in [6.07, 6.45) is 0.800. The Morgan fingerprint density at radius 3 is 2.72 bits per heavy atom. The molecule has 0 fully saturated rings. The Morgan fingerprint density at radius 2 is 2.06 bits per heavy atom. The first-order chi connectivity index (χ1) is 8.68. The van der Waals surface area contributed by atoms with E-state index < -0.39 is 5.82 Å². The molecule has 2 aromatic rings. The van der Waals surface area contributed by atoms with Crippen LogP contribution in [0.1, 0.15) is 15.2 Å². The summed E-state index contributed by atoms with van der Waals surface area (Å²) >= 11 is 1.66. The van der Waals surface area contributed by atoms with Crippen molar-refractivity contribution in [1.29, 1.82) is 0 Å². The van der Waals surface area contributed by atoms with Crippen LogP contribution < -0.4 is 0 Å². The number of amides is 1. The van der Waals surface area contributed by atoms with E-state index in [1.165, 1.54) is 17.0 Å². The predicted octanol–water partition coefficient (Wildman–Crippen LogP) is 3.20. The third-order valence-electron chi connectivity index (χ3n) is 2.72. The van der Waals surface area contributed by atoms with Crippen LogP contribution in [0.25, 0.3) is 0 Å². The average Bonchev–Trinajstić information content (AvgIpc) is 2.89. The standard InChI is InChI=1S/C14H14FNOS/c1-16(9-8-11-5-4-10-18-11)14(17)12-6-2-3-7-13(12)15/h2-7,10H,8-9H2,1H3. The number of hydrogen-bond donors (Lipinski definition) is 0. The molecule has 0 saturated carbocycles. The second kappa shape index (κ2) is 5.78. The zero-order valence-corrected chi connectivity index (χ0v) is 10.9. The topological polar surface area (TPSA) is 20.3 Å². The van der Waals surface area contributed by atoms with E-state index in [4.69, 9.17) is 0 Å². The number of thiophene rings is 1. The first-order valence-corrected chi connectivity index (χ1v) is 6.59. The van der Waals surface area contributed by atoms with Crippen molar-refractivity contribution in [1.82, 2.24) is 4.90 Å². The van der Waals surface area contributed by atoms with Crippen LogP contribution in [-0.2, 0) is 6.42 Å². The maximum absolute atomic E-state index is 13.5.